The molecule has 1 N–H and O–H groups in total. The van der Waals surface area contributed by atoms with Gasteiger partial charge in [-0.2, -0.15) is 5.26 Å². The average Bonchev–Trinajstić information content (AvgIpc) is 2.62. The van der Waals surface area contributed by atoms with Crippen LogP contribution < -0.4 is 5.32 Å². The molecule has 0 fully saturated rings. The molecule has 0 aliphatic heterocycles. The number of hydrogen-bond acceptors (Lipinski definition) is 4. The number of nitriles is 1. The van der Waals surface area contributed by atoms with Crippen molar-refractivity contribution < 1.29 is 14.3 Å². The van der Waals surface area contributed by atoms with Gasteiger partial charge in [0.2, 0.25) is 0 Å². The van der Waals surface area contributed by atoms with Gasteiger partial charge in [0.15, 0.2) is 6.10 Å². The van der Waals surface area contributed by atoms with Crippen molar-refractivity contribution in [3.63, 3.8) is 0 Å². The molecule has 132 valence electrons. The van der Waals surface area contributed by atoms with E-state index < -0.39 is 18.0 Å². The fraction of sp³-hybridized carbons (Fsp3) is 0.150. The molecule has 0 aromatic heterocycles. The van der Waals surface area contributed by atoms with E-state index in [9.17, 15) is 9.59 Å². The van der Waals surface area contributed by atoms with E-state index in [1.165, 1.54) is 13.0 Å². The van der Waals surface area contributed by atoms with Gasteiger partial charge in [0.05, 0.1) is 17.3 Å². The molecule has 0 bridgehead atoms. The third-order valence-corrected chi connectivity index (χ3v) is 4.15. The first-order chi connectivity index (χ1) is 12.4. The van der Waals surface area contributed by atoms with E-state index in [1.54, 1.807) is 36.4 Å². The molecule has 0 saturated heterocycles. The van der Waals surface area contributed by atoms with Gasteiger partial charge in [-0.1, -0.05) is 18.2 Å². The summed E-state index contributed by atoms with van der Waals surface area (Å²) < 4.78 is 5.86. The number of benzene rings is 2. The van der Waals surface area contributed by atoms with E-state index >= 15 is 0 Å². The fourth-order valence-electron chi connectivity index (χ4n) is 2.06. The highest BCUT2D eigenvalue weighted by Crippen LogP contribution is 2.23. The van der Waals surface area contributed by atoms with Crippen LogP contribution in [0, 0.1) is 18.3 Å². The average molecular weight is 413 g/mol. The number of aryl methyl sites for hydroxylation is 1. The largest absolute Gasteiger partial charge is 0.449 e. The summed E-state index contributed by atoms with van der Waals surface area (Å²) >= 11 is 3.38. The normalized spacial score (nSPS) is 11.6. The number of carbonyl (C=O) groups excluding carboxylic acids is 2. The van der Waals surface area contributed by atoms with Gasteiger partial charge < -0.3 is 10.1 Å². The molecule has 0 unspecified atom stereocenters. The maximum atomic E-state index is 12.2. The number of carbonyl (C=O) groups is 2. The van der Waals surface area contributed by atoms with Crippen molar-refractivity contribution in [3.05, 3.63) is 69.7 Å². The first-order valence-electron chi connectivity index (χ1n) is 7.85. The Morgan fingerprint density at radius 3 is 2.54 bits per heavy atom. The molecule has 2 aromatic carbocycles. The molecule has 0 saturated carbocycles. The minimum atomic E-state index is -0.943. The summed E-state index contributed by atoms with van der Waals surface area (Å²) in [5.41, 5.74) is 2.96. The number of hydrogen-bond donors (Lipinski definition) is 1. The lowest BCUT2D eigenvalue weighted by Crippen LogP contribution is -2.29. The van der Waals surface area contributed by atoms with Crippen molar-refractivity contribution >= 4 is 39.6 Å². The van der Waals surface area contributed by atoms with Crippen molar-refractivity contribution in [2.45, 2.75) is 20.0 Å². The molecule has 0 spiro atoms. The number of rotatable bonds is 5. The maximum Gasteiger partial charge on any atom is 0.331 e. The number of ether oxygens (including phenoxy) is 1. The number of anilines is 1. The highest BCUT2D eigenvalue weighted by molar-refractivity contribution is 9.10. The standard InChI is InChI=1S/C20H17BrN2O3/c1-13-3-9-18(17(21)11-13)23-20(25)14(2)26-19(24)10-8-15-4-6-16(12-22)7-5-15/h3-11,14H,1-2H3,(H,23,25)/b10-8+/t14-/m1/s1. The lowest BCUT2D eigenvalue weighted by molar-refractivity contribution is -0.148. The van der Waals surface area contributed by atoms with E-state index in [0.29, 0.717) is 11.3 Å². The Balaban J connectivity index is 1.91. The third kappa shape index (κ3) is 5.57. The minimum absolute atomic E-state index is 0.422. The second-order valence-electron chi connectivity index (χ2n) is 5.62. The summed E-state index contributed by atoms with van der Waals surface area (Å²) in [5, 5.41) is 11.5. The predicted molar refractivity (Wildman–Crippen MR) is 103 cm³/mol. The molecule has 0 radical (unpaired) electrons. The summed E-state index contributed by atoms with van der Waals surface area (Å²) in [6.07, 6.45) is 1.86. The van der Waals surface area contributed by atoms with Gasteiger partial charge in [0.1, 0.15) is 0 Å². The van der Waals surface area contributed by atoms with E-state index in [-0.39, 0.29) is 0 Å². The van der Waals surface area contributed by atoms with Crippen LogP contribution in [0.2, 0.25) is 0 Å². The molecule has 2 aromatic rings. The van der Waals surface area contributed by atoms with Crippen molar-refractivity contribution in [1.29, 1.82) is 5.26 Å². The Kier molecular flexibility index (Phi) is 6.70. The molecular weight excluding hydrogens is 396 g/mol. The summed E-state index contributed by atoms with van der Waals surface area (Å²) in [4.78, 5) is 24.0. The molecule has 2 rings (SSSR count). The summed E-state index contributed by atoms with van der Waals surface area (Å²) in [5.74, 6) is -1.05. The molecule has 5 nitrogen and oxygen atoms in total. The zero-order valence-electron chi connectivity index (χ0n) is 14.3. The van der Waals surface area contributed by atoms with Crippen molar-refractivity contribution in [1.82, 2.24) is 0 Å². The molecule has 0 heterocycles. The van der Waals surface area contributed by atoms with Crippen LogP contribution in [0.15, 0.2) is 53.0 Å². The van der Waals surface area contributed by atoms with Gasteiger partial charge in [-0.25, -0.2) is 4.79 Å². The second-order valence-corrected chi connectivity index (χ2v) is 6.47. The van der Waals surface area contributed by atoms with Crippen LogP contribution in [0.4, 0.5) is 5.69 Å². The summed E-state index contributed by atoms with van der Waals surface area (Å²) in [6.45, 7) is 3.45. The smallest absolute Gasteiger partial charge is 0.331 e. The molecule has 26 heavy (non-hydrogen) atoms. The lowest BCUT2D eigenvalue weighted by Gasteiger charge is -2.13. The van der Waals surface area contributed by atoms with Gasteiger partial charge in [-0.05, 0) is 71.2 Å². The van der Waals surface area contributed by atoms with Crippen LogP contribution in [-0.4, -0.2) is 18.0 Å². The van der Waals surface area contributed by atoms with Crippen LogP contribution in [0.1, 0.15) is 23.6 Å². The Bertz CT molecular complexity index is 883. The second kappa shape index (κ2) is 8.97. The van der Waals surface area contributed by atoms with E-state index in [0.717, 1.165) is 15.6 Å². The zero-order chi connectivity index (χ0) is 19.1. The number of halogens is 1. The van der Waals surface area contributed by atoms with Gasteiger partial charge in [0, 0.05) is 10.5 Å². The number of amides is 1. The van der Waals surface area contributed by atoms with Gasteiger partial charge >= 0.3 is 5.97 Å². The van der Waals surface area contributed by atoms with Crippen LogP contribution >= 0.6 is 15.9 Å². The summed E-state index contributed by atoms with van der Waals surface area (Å²) in [6, 6.07) is 14.3. The third-order valence-electron chi connectivity index (χ3n) is 3.50. The fourth-order valence-corrected chi connectivity index (χ4v) is 2.65. The van der Waals surface area contributed by atoms with E-state index in [1.807, 2.05) is 25.1 Å². The topological polar surface area (TPSA) is 79.2 Å². The minimum Gasteiger partial charge on any atom is -0.449 e. The number of nitrogens with one attached hydrogen (secondary N) is 1. The lowest BCUT2D eigenvalue weighted by atomic mass is 10.1. The van der Waals surface area contributed by atoms with Crippen LogP contribution in [0.25, 0.3) is 6.08 Å². The van der Waals surface area contributed by atoms with Crippen LogP contribution in [0.3, 0.4) is 0 Å². The molecular formula is C20H17BrN2O3. The van der Waals surface area contributed by atoms with Crippen molar-refractivity contribution in [2.24, 2.45) is 0 Å². The van der Waals surface area contributed by atoms with E-state index in [4.69, 9.17) is 10.00 Å². The number of nitrogens with zero attached hydrogens (tertiary/aromatic N) is 1. The van der Waals surface area contributed by atoms with Gasteiger partial charge in [-0.3, -0.25) is 4.79 Å². The Hall–Kier alpha value is -2.91. The monoisotopic (exact) mass is 412 g/mol. The predicted octanol–water partition coefficient (Wildman–Crippen LogP) is 4.21. The van der Waals surface area contributed by atoms with E-state index in [2.05, 4.69) is 21.2 Å². The zero-order valence-corrected chi connectivity index (χ0v) is 15.9. The van der Waals surface area contributed by atoms with Crippen molar-refractivity contribution in [2.75, 3.05) is 5.32 Å². The van der Waals surface area contributed by atoms with Gasteiger partial charge in [-0.15, -0.1) is 0 Å². The Labute approximate surface area is 160 Å². The number of esters is 1. The highest BCUT2D eigenvalue weighted by Gasteiger charge is 2.17. The first kappa shape index (κ1) is 19.4. The highest BCUT2D eigenvalue weighted by atomic mass is 79.9. The van der Waals surface area contributed by atoms with Crippen LogP contribution in [0.5, 0.6) is 0 Å². The maximum absolute atomic E-state index is 12.2. The van der Waals surface area contributed by atoms with Crippen LogP contribution in [-0.2, 0) is 14.3 Å². The Morgan fingerprint density at radius 2 is 1.92 bits per heavy atom. The quantitative estimate of drug-likeness (QED) is 0.588. The van der Waals surface area contributed by atoms with Crippen molar-refractivity contribution in [3.8, 4) is 6.07 Å². The molecule has 1 amide bonds. The Morgan fingerprint density at radius 1 is 1.23 bits per heavy atom. The van der Waals surface area contributed by atoms with Gasteiger partial charge in [0.25, 0.3) is 5.91 Å². The summed E-state index contributed by atoms with van der Waals surface area (Å²) in [7, 11) is 0. The molecule has 0 aliphatic rings. The first-order valence-corrected chi connectivity index (χ1v) is 8.64. The SMILES string of the molecule is Cc1ccc(NC(=O)[C@@H](C)OC(=O)/C=C/c2ccc(C#N)cc2)c(Br)c1. The molecule has 6 heteroatoms. The molecule has 0 aliphatic carbocycles. The molecule has 1 atom stereocenters.